The minimum Gasteiger partial charge on any atom is -0.366 e. The Kier molecular flexibility index (Phi) is 1.79. The fourth-order valence-electron chi connectivity index (χ4n) is 0.938. The van der Waals surface area contributed by atoms with Gasteiger partial charge in [0.15, 0.2) is 0 Å². The molecule has 0 aromatic carbocycles. The van der Waals surface area contributed by atoms with E-state index in [1.165, 1.54) is 0 Å². The lowest BCUT2D eigenvalue weighted by Gasteiger charge is -2.16. The molecular weight excluding hydrogens is 138 g/mol. The first-order valence-electron chi connectivity index (χ1n) is 3.13. The summed E-state index contributed by atoms with van der Waals surface area (Å²) in [5.41, 5.74) is -0.234. The third kappa shape index (κ3) is 1.11. The van der Waals surface area contributed by atoms with Crippen LogP contribution in [0.25, 0.3) is 0 Å². The van der Waals surface area contributed by atoms with Crippen molar-refractivity contribution in [2.24, 2.45) is 0 Å². The molecule has 0 aromatic heterocycles. The molecule has 0 N–H and O–H groups in total. The van der Waals surface area contributed by atoms with Crippen molar-refractivity contribution in [3.8, 4) is 0 Å². The summed E-state index contributed by atoms with van der Waals surface area (Å²) in [6, 6.07) is 0. The second kappa shape index (κ2) is 2.17. The molecule has 0 aliphatic carbocycles. The maximum absolute atomic E-state index is 12.7. The topological polar surface area (TPSA) is 12.5 Å². The van der Waals surface area contributed by atoms with Crippen molar-refractivity contribution < 1.29 is 9.13 Å². The van der Waals surface area contributed by atoms with Crippen molar-refractivity contribution >= 4 is 9.24 Å². The van der Waals surface area contributed by atoms with E-state index in [9.17, 15) is 4.39 Å². The predicted molar refractivity (Wildman–Crippen MR) is 38.4 cm³/mol. The van der Waals surface area contributed by atoms with Crippen LogP contribution in [-0.4, -0.2) is 24.0 Å². The minimum absolute atomic E-state index is 0.220. The van der Waals surface area contributed by atoms with Gasteiger partial charge in [-0.2, -0.15) is 0 Å². The first-order valence-corrected chi connectivity index (χ1v) is 3.80. The number of hydrogen-bond donors (Lipinski definition) is 0. The lowest BCUT2D eigenvalue weighted by atomic mass is 10.0. The van der Waals surface area contributed by atoms with Gasteiger partial charge in [-0.05, 0) is 6.92 Å². The van der Waals surface area contributed by atoms with Crippen LogP contribution in [0.1, 0.15) is 13.8 Å². The van der Waals surface area contributed by atoms with Crippen LogP contribution in [-0.2, 0) is 4.74 Å². The van der Waals surface area contributed by atoms with Crippen LogP contribution in [0.15, 0.2) is 0 Å². The Morgan fingerprint density at radius 3 is 2.11 bits per heavy atom. The molecule has 1 saturated heterocycles. The van der Waals surface area contributed by atoms with Gasteiger partial charge < -0.3 is 4.74 Å². The van der Waals surface area contributed by atoms with Gasteiger partial charge >= 0.3 is 0 Å². The number of hydrogen-bond acceptors (Lipinski definition) is 1. The molecular formula is C6H12FOP. The van der Waals surface area contributed by atoms with Gasteiger partial charge in [-0.3, -0.25) is 0 Å². The van der Waals surface area contributed by atoms with E-state index in [-0.39, 0.29) is 5.66 Å². The molecule has 4 atom stereocenters. The zero-order valence-corrected chi connectivity index (χ0v) is 6.88. The van der Waals surface area contributed by atoms with Crippen LogP contribution in [0.2, 0.25) is 0 Å². The second-order valence-electron chi connectivity index (χ2n) is 2.65. The van der Waals surface area contributed by atoms with Crippen molar-refractivity contribution in [1.82, 2.24) is 0 Å². The molecule has 0 saturated carbocycles. The van der Waals surface area contributed by atoms with Gasteiger partial charge in [0.05, 0.1) is 6.61 Å². The molecule has 1 fully saturated rings. The van der Waals surface area contributed by atoms with E-state index in [1.807, 2.05) is 6.92 Å². The Morgan fingerprint density at radius 1 is 1.67 bits per heavy atom. The monoisotopic (exact) mass is 150 g/mol. The van der Waals surface area contributed by atoms with Gasteiger partial charge in [0.2, 0.25) is 0 Å². The molecule has 1 aliphatic rings. The number of halogens is 1. The van der Waals surface area contributed by atoms with Crippen molar-refractivity contribution in [3.63, 3.8) is 0 Å². The fraction of sp³-hybridized carbons (Fsp3) is 1.00. The zero-order chi connectivity index (χ0) is 7.07. The zero-order valence-electron chi connectivity index (χ0n) is 5.73. The van der Waals surface area contributed by atoms with E-state index in [2.05, 4.69) is 9.24 Å². The Balaban J connectivity index is 2.52. The summed E-state index contributed by atoms with van der Waals surface area (Å²) in [7, 11) is 2.57. The summed E-state index contributed by atoms with van der Waals surface area (Å²) in [4.78, 5) is 0. The van der Waals surface area contributed by atoms with Gasteiger partial charge in [0, 0.05) is 5.66 Å². The quantitative estimate of drug-likeness (QED) is 0.428. The Labute approximate surface area is 57.2 Å². The minimum atomic E-state index is -0.843. The van der Waals surface area contributed by atoms with E-state index in [1.54, 1.807) is 6.92 Å². The summed E-state index contributed by atoms with van der Waals surface area (Å²) in [6.07, 6.45) is -0.843. The molecule has 1 heterocycles. The normalized spacial score (nSPS) is 40.0. The average Bonchev–Trinajstić information content (AvgIpc) is 2.40. The molecule has 54 valence electrons. The van der Waals surface area contributed by atoms with Gasteiger partial charge in [-0.1, -0.05) is 6.92 Å². The molecule has 1 aliphatic heterocycles. The van der Waals surface area contributed by atoms with E-state index in [4.69, 9.17) is 4.74 Å². The van der Waals surface area contributed by atoms with Crippen molar-refractivity contribution in [2.75, 3.05) is 6.61 Å². The highest BCUT2D eigenvalue weighted by atomic mass is 31.0. The maximum Gasteiger partial charge on any atom is 0.129 e. The van der Waals surface area contributed by atoms with E-state index < -0.39 is 11.8 Å². The Hall–Kier alpha value is 0.320. The summed E-state index contributed by atoms with van der Waals surface area (Å²) in [5, 5.41) is 0. The molecule has 0 aromatic rings. The van der Waals surface area contributed by atoms with Crippen LogP contribution >= 0.6 is 9.24 Å². The largest absolute Gasteiger partial charge is 0.366 e. The lowest BCUT2D eigenvalue weighted by molar-refractivity contribution is 0.175. The first-order chi connectivity index (χ1) is 4.09. The van der Waals surface area contributed by atoms with E-state index in [0.29, 0.717) is 6.61 Å². The maximum atomic E-state index is 12.7. The van der Waals surface area contributed by atoms with Crippen LogP contribution in [0.5, 0.6) is 0 Å². The third-order valence-electron chi connectivity index (χ3n) is 1.92. The molecule has 0 bridgehead atoms. The predicted octanol–water partition coefficient (Wildman–Crippen LogP) is 1.38. The SMILES string of the molecule is CC(F)C1(C(C)P)CO1. The highest BCUT2D eigenvalue weighted by Gasteiger charge is 2.52. The lowest BCUT2D eigenvalue weighted by Crippen LogP contribution is -2.31. The molecule has 0 amide bonds. The van der Waals surface area contributed by atoms with Crippen molar-refractivity contribution in [1.29, 1.82) is 0 Å². The molecule has 1 rings (SSSR count). The highest BCUT2D eigenvalue weighted by Crippen LogP contribution is 2.39. The second-order valence-corrected chi connectivity index (χ2v) is 3.65. The molecule has 1 nitrogen and oxygen atoms in total. The molecule has 3 heteroatoms. The Morgan fingerprint density at radius 2 is 2.11 bits per heavy atom. The van der Waals surface area contributed by atoms with Gasteiger partial charge in [-0.25, -0.2) is 4.39 Å². The third-order valence-corrected chi connectivity index (χ3v) is 2.49. The Bertz CT molecular complexity index is 99.6. The van der Waals surface area contributed by atoms with Crippen molar-refractivity contribution in [2.45, 2.75) is 31.3 Å². The molecule has 9 heavy (non-hydrogen) atoms. The fourth-order valence-corrected chi connectivity index (χ4v) is 1.40. The smallest absolute Gasteiger partial charge is 0.129 e. The first kappa shape index (κ1) is 7.43. The summed E-state index contributed by atoms with van der Waals surface area (Å²) < 4.78 is 17.7. The van der Waals surface area contributed by atoms with Crippen LogP contribution in [0, 0.1) is 0 Å². The summed E-state index contributed by atoms with van der Waals surface area (Å²) in [6.45, 7) is 4.08. The van der Waals surface area contributed by atoms with Crippen molar-refractivity contribution in [3.05, 3.63) is 0 Å². The number of alkyl halides is 1. The van der Waals surface area contributed by atoms with E-state index >= 15 is 0 Å². The summed E-state index contributed by atoms with van der Waals surface area (Å²) in [5.74, 6) is 0. The molecule has 0 spiro atoms. The van der Waals surface area contributed by atoms with Crippen LogP contribution in [0.4, 0.5) is 4.39 Å². The van der Waals surface area contributed by atoms with Gasteiger partial charge in [0.25, 0.3) is 0 Å². The average molecular weight is 150 g/mol. The summed E-state index contributed by atoms with van der Waals surface area (Å²) >= 11 is 0. The standard InChI is InChI=1S/C6H12FOP/c1-4(7)6(3-8-6)5(2)9/h4-5H,3,9H2,1-2H3. The van der Waals surface area contributed by atoms with Gasteiger partial charge in [-0.15, -0.1) is 9.24 Å². The number of rotatable bonds is 2. The van der Waals surface area contributed by atoms with Crippen LogP contribution < -0.4 is 0 Å². The van der Waals surface area contributed by atoms with Gasteiger partial charge in [0.1, 0.15) is 11.8 Å². The molecule has 4 unspecified atom stereocenters. The number of ether oxygens (including phenoxy) is 1. The highest BCUT2D eigenvalue weighted by molar-refractivity contribution is 7.17. The van der Waals surface area contributed by atoms with Crippen LogP contribution in [0.3, 0.4) is 0 Å². The van der Waals surface area contributed by atoms with E-state index in [0.717, 1.165) is 0 Å². The number of epoxide rings is 1. The molecule has 0 radical (unpaired) electrons.